The highest BCUT2D eigenvalue weighted by molar-refractivity contribution is 5.90. The fourth-order valence-electron chi connectivity index (χ4n) is 2.37. The van der Waals surface area contributed by atoms with Gasteiger partial charge in [-0.1, -0.05) is 37.3 Å². The molecule has 1 unspecified atom stereocenters. The molecule has 1 saturated carbocycles. The number of ether oxygens (including phenoxy) is 1. The molecule has 0 spiro atoms. The van der Waals surface area contributed by atoms with Crippen molar-refractivity contribution in [3.05, 3.63) is 35.9 Å². The van der Waals surface area contributed by atoms with Gasteiger partial charge in [-0.25, -0.2) is 0 Å². The first-order valence-corrected chi connectivity index (χ1v) is 6.33. The maximum Gasteiger partial charge on any atom is 0.307 e. The lowest BCUT2D eigenvalue weighted by Gasteiger charge is -2.20. The van der Waals surface area contributed by atoms with E-state index in [1.54, 1.807) is 0 Å². The molecular formula is C15H18O3. The van der Waals surface area contributed by atoms with Gasteiger partial charge < -0.3 is 4.74 Å². The molecule has 0 saturated heterocycles. The third-order valence-corrected chi connectivity index (χ3v) is 3.58. The summed E-state index contributed by atoms with van der Waals surface area (Å²) < 4.78 is 5.21. The van der Waals surface area contributed by atoms with Crippen molar-refractivity contribution in [1.29, 1.82) is 0 Å². The van der Waals surface area contributed by atoms with Gasteiger partial charge in [0.15, 0.2) is 0 Å². The molecule has 0 N–H and O–H groups in total. The van der Waals surface area contributed by atoms with Crippen molar-refractivity contribution in [2.45, 2.75) is 39.2 Å². The van der Waals surface area contributed by atoms with Crippen LogP contribution in [0.1, 0.15) is 38.2 Å². The molecule has 1 atom stereocenters. The van der Waals surface area contributed by atoms with E-state index < -0.39 is 5.41 Å². The van der Waals surface area contributed by atoms with Crippen LogP contribution in [0.4, 0.5) is 0 Å². The first kappa shape index (κ1) is 12.8. The van der Waals surface area contributed by atoms with Crippen molar-refractivity contribution in [1.82, 2.24) is 0 Å². The summed E-state index contributed by atoms with van der Waals surface area (Å²) in [5.74, 6) is -0.0873. The Bertz CT molecular complexity index is 438. The fraction of sp³-hybridized carbons (Fsp3) is 0.467. The van der Waals surface area contributed by atoms with Gasteiger partial charge in [0.25, 0.3) is 0 Å². The van der Waals surface area contributed by atoms with E-state index in [-0.39, 0.29) is 24.8 Å². The smallest absolute Gasteiger partial charge is 0.307 e. The summed E-state index contributed by atoms with van der Waals surface area (Å²) in [7, 11) is 0. The highest BCUT2D eigenvalue weighted by atomic mass is 16.5. The zero-order valence-electron chi connectivity index (χ0n) is 10.6. The van der Waals surface area contributed by atoms with Crippen LogP contribution in [-0.4, -0.2) is 11.8 Å². The van der Waals surface area contributed by atoms with Crippen molar-refractivity contribution in [3.8, 4) is 0 Å². The summed E-state index contributed by atoms with van der Waals surface area (Å²) >= 11 is 0. The van der Waals surface area contributed by atoms with E-state index in [0.717, 1.165) is 18.4 Å². The van der Waals surface area contributed by atoms with Crippen LogP contribution < -0.4 is 0 Å². The minimum absolute atomic E-state index is 0.194. The van der Waals surface area contributed by atoms with Gasteiger partial charge in [-0.15, -0.1) is 0 Å². The van der Waals surface area contributed by atoms with Gasteiger partial charge in [0.05, 0.1) is 6.42 Å². The first-order valence-electron chi connectivity index (χ1n) is 6.33. The number of Topliss-reactive ketones (excluding diaryl/α,β-unsaturated/α-hetero) is 1. The van der Waals surface area contributed by atoms with Crippen molar-refractivity contribution < 1.29 is 14.3 Å². The van der Waals surface area contributed by atoms with E-state index >= 15 is 0 Å². The molecule has 0 radical (unpaired) electrons. The average Bonchev–Trinajstić information content (AvgIpc) is 2.68. The number of rotatable bonds is 4. The third-order valence-electron chi connectivity index (χ3n) is 3.58. The summed E-state index contributed by atoms with van der Waals surface area (Å²) in [6, 6.07) is 9.56. The van der Waals surface area contributed by atoms with Crippen LogP contribution in [-0.2, 0) is 20.9 Å². The zero-order chi connectivity index (χ0) is 13.0. The van der Waals surface area contributed by atoms with Crippen molar-refractivity contribution in [3.63, 3.8) is 0 Å². The molecule has 1 fully saturated rings. The SMILES string of the molecule is CC1(CC(=O)OCc2ccccc2)CCCC1=O. The van der Waals surface area contributed by atoms with E-state index in [1.165, 1.54) is 0 Å². The minimum Gasteiger partial charge on any atom is -0.461 e. The fourth-order valence-corrected chi connectivity index (χ4v) is 2.37. The quantitative estimate of drug-likeness (QED) is 0.767. The average molecular weight is 246 g/mol. The maximum absolute atomic E-state index is 11.7. The van der Waals surface area contributed by atoms with Gasteiger partial charge in [-0.3, -0.25) is 9.59 Å². The monoisotopic (exact) mass is 246 g/mol. The van der Waals surface area contributed by atoms with Crippen molar-refractivity contribution >= 4 is 11.8 Å². The summed E-state index contributed by atoms with van der Waals surface area (Å²) in [5.41, 5.74) is 0.474. The zero-order valence-corrected chi connectivity index (χ0v) is 10.6. The molecule has 96 valence electrons. The van der Waals surface area contributed by atoms with E-state index in [9.17, 15) is 9.59 Å². The lowest BCUT2D eigenvalue weighted by Crippen LogP contribution is -2.26. The summed E-state index contributed by atoms with van der Waals surface area (Å²) in [6.07, 6.45) is 2.49. The van der Waals surface area contributed by atoms with Gasteiger partial charge in [-0.2, -0.15) is 0 Å². The Morgan fingerprint density at radius 2 is 2.06 bits per heavy atom. The molecule has 1 aliphatic rings. The highest BCUT2D eigenvalue weighted by Gasteiger charge is 2.39. The second-order valence-corrected chi connectivity index (χ2v) is 5.16. The van der Waals surface area contributed by atoms with Crippen LogP contribution in [0.5, 0.6) is 0 Å². The second kappa shape index (κ2) is 5.34. The van der Waals surface area contributed by atoms with Gasteiger partial charge in [0.1, 0.15) is 12.4 Å². The number of hydrogen-bond donors (Lipinski definition) is 0. The Hall–Kier alpha value is -1.64. The number of carbonyl (C=O) groups is 2. The van der Waals surface area contributed by atoms with Gasteiger partial charge in [0, 0.05) is 11.8 Å². The predicted molar refractivity (Wildman–Crippen MR) is 67.8 cm³/mol. The molecule has 3 nitrogen and oxygen atoms in total. The van der Waals surface area contributed by atoms with E-state index in [4.69, 9.17) is 4.74 Å². The number of esters is 1. The van der Waals surface area contributed by atoms with Gasteiger partial charge in [0.2, 0.25) is 0 Å². The Labute approximate surface area is 107 Å². The molecule has 3 heteroatoms. The Kier molecular flexibility index (Phi) is 3.80. The molecule has 18 heavy (non-hydrogen) atoms. The van der Waals surface area contributed by atoms with Crippen LogP contribution in [0, 0.1) is 5.41 Å². The molecule has 0 amide bonds. The summed E-state index contributed by atoms with van der Waals surface area (Å²) in [6.45, 7) is 2.15. The van der Waals surface area contributed by atoms with Gasteiger partial charge >= 0.3 is 5.97 Å². The van der Waals surface area contributed by atoms with Crippen LogP contribution in [0.15, 0.2) is 30.3 Å². The molecule has 0 aromatic heterocycles. The predicted octanol–water partition coefficient (Wildman–Crippen LogP) is 2.88. The van der Waals surface area contributed by atoms with Crippen LogP contribution in [0.3, 0.4) is 0 Å². The Balaban J connectivity index is 1.84. The Morgan fingerprint density at radius 3 is 2.67 bits per heavy atom. The largest absolute Gasteiger partial charge is 0.461 e. The number of ketones is 1. The molecule has 0 aliphatic heterocycles. The third kappa shape index (κ3) is 2.97. The van der Waals surface area contributed by atoms with E-state index in [1.807, 2.05) is 37.3 Å². The van der Waals surface area contributed by atoms with Gasteiger partial charge in [-0.05, 0) is 18.4 Å². The molecule has 0 bridgehead atoms. The van der Waals surface area contributed by atoms with E-state index in [2.05, 4.69) is 0 Å². The topological polar surface area (TPSA) is 43.4 Å². The standard InChI is InChI=1S/C15H18O3/c1-15(9-5-8-13(15)16)10-14(17)18-11-12-6-3-2-4-7-12/h2-4,6-7H,5,8-11H2,1H3. The van der Waals surface area contributed by atoms with Crippen LogP contribution >= 0.6 is 0 Å². The summed E-state index contributed by atoms with van der Waals surface area (Å²) in [4.78, 5) is 23.4. The summed E-state index contributed by atoms with van der Waals surface area (Å²) in [5, 5.41) is 0. The molecule has 1 aromatic carbocycles. The number of carbonyl (C=O) groups excluding carboxylic acids is 2. The van der Waals surface area contributed by atoms with E-state index in [0.29, 0.717) is 6.42 Å². The maximum atomic E-state index is 11.7. The van der Waals surface area contributed by atoms with Crippen molar-refractivity contribution in [2.75, 3.05) is 0 Å². The molecule has 2 rings (SSSR count). The molecular weight excluding hydrogens is 228 g/mol. The molecule has 1 aliphatic carbocycles. The first-order chi connectivity index (χ1) is 8.60. The number of benzene rings is 1. The van der Waals surface area contributed by atoms with Crippen molar-refractivity contribution in [2.24, 2.45) is 5.41 Å². The number of hydrogen-bond acceptors (Lipinski definition) is 3. The Morgan fingerprint density at radius 1 is 1.33 bits per heavy atom. The second-order valence-electron chi connectivity index (χ2n) is 5.16. The van der Waals surface area contributed by atoms with Crippen LogP contribution in [0.2, 0.25) is 0 Å². The lowest BCUT2D eigenvalue weighted by atomic mass is 9.84. The molecule has 0 heterocycles. The minimum atomic E-state index is -0.492. The van der Waals surface area contributed by atoms with Crippen LogP contribution in [0.25, 0.3) is 0 Å². The lowest BCUT2D eigenvalue weighted by molar-refractivity contribution is -0.149. The highest BCUT2D eigenvalue weighted by Crippen LogP contribution is 2.37. The molecule has 1 aromatic rings. The normalized spacial score (nSPS) is 23.1.